The molecule has 0 amide bonds. The zero-order valence-corrected chi connectivity index (χ0v) is 13.9. The van der Waals surface area contributed by atoms with E-state index in [2.05, 4.69) is 14.6 Å². The predicted octanol–water partition coefficient (Wildman–Crippen LogP) is 4.89. The minimum atomic E-state index is -4.72. The SMILES string of the molecule is CCN(CC)c1ccc(C=Nc2ccc(OC(F)(F)F)cc2)c(O)c1. The Bertz CT molecular complexity index is 724. The molecular formula is C18H19F3N2O2. The van der Waals surface area contributed by atoms with Gasteiger partial charge in [-0.15, -0.1) is 13.2 Å². The van der Waals surface area contributed by atoms with Gasteiger partial charge in [-0.1, -0.05) is 0 Å². The molecule has 0 saturated heterocycles. The number of rotatable bonds is 6. The van der Waals surface area contributed by atoms with Crippen molar-refractivity contribution in [3.63, 3.8) is 0 Å². The summed E-state index contributed by atoms with van der Waals surface area (Å²) in [6.45, 7) is 5.72. The summed E-state index contributed by atoms with van der Waals surface area (Å²) in [6, 6.07) is 10.5. The average Bonchev–Trinajstić information content (AvgIpc) is 2.55. The van der Waals surface area contributed by atoms with Gasteiger partial charge in [-0.3, -0.25) is 4.99 Å². The first-order valence-corrected chi connectivity index (χ1v) is 7.80. The fraction of sp³-hybridized carbons (Fsp3) is 0.278. The molecule has 0 heterocycles. The van der Waals surface area contributed by atoms with Crippen LogP contribution in [-0.2, 0) is 0 Å². The maximum absolute atomic E-state index is 12.1. The molecule has 0 fully saturated rings. The molecule has 0 aliphatic heterocycles. The standard InChI is InChI=1S/C18H19F3N2O2/c1-3-23(4-2)15-8-5-13(17(24)11-15)12-22-14-6-9-16(10-7-14)25-18(19,20)21/h5-12,24H,3-4H2,1-2H3. The van der Waals surface area contributed by atoms with Gasteiger partial charge < -0.3 is 14.7 Å². The highest BCUT2D eigenvalue weighted by Crippen LogP contribution is 2.26. The van der Waals surface area contributed by atoms with Crippen LogP contribution in [0.25, 0.3) is 0 Å². The molecule has 2 aromatic carbocycles. The maximum atomic E-state index is 12.1. The van der Waals surface area contributed by atoms with Crippen molar-refractivity contribution < 1.29 is 23.0 Å². The van der Waals surface area contributed by atoms with E-state index in [9.17, 15) is 18.3 Å². The molecule has 4 nitrogen and oxygen atoms in total. The largest absolute Gasteiger partial charge is 0.573 e. The zero-order valence-electron chi connectivity index (χ0n) is 13.9. The third kappa shape index (κ3) is 5.41. The van der Waals surface area contributed by atoms with Gasteiger partial charge in [0.25, 0.3) is 0 Å². The topological polar surface area (TPSA) is 45.1 Å². The third-order valence-corrected chi connectivity index (χ3v) is 3.57. The van der Waals surface area contributed by atoms with Gasteiger partial charge in [0.15, 0.2) is 0 Å². The highest BCUT2D eigenvalue weighted by molar-refractivity contribution is 5.86. The zero-order chi connectivity index (χ0) is 18.4. The van der Waals surface area contributed by atoms with Crippen LogP contribution in [0.3, 0.4) is 0 Å². The summed E-state index contributed by atoms with van der Waals surface area (Å²) in [5, 5.41) is 10.1. The van der Waals surface area contributed by atoms with Crippen LogP contribution < -0.4 is 9.64 Å². The monoisotopic (exact) mass is 352 g/mol. The second-order valence-corrected chi connectivity index (χ2v) is 5.22. The Kier molecular flexibility index (Phi) is 5.90. The number of phenols is 1. The molecule has 0 atom stereocenters. The van der Waals surface area contributed by atoms with Crippen LogP contribution in [0, 0.1) is 0 Å². The fourth-order valence-corrected chi connectivity index (χ4v) is 2.30. The Morgan fingerprint density at radius 1 is 1.08 bits per heavy atom. The molecule has 0 spiro atoms. The Morgan fingerprint density at radius 3 is 2.24 bits per heavy atom. The molecule has 0 aliphatic rings. The molecule has 0 bridgehead atoms. The minimum absolute atomic E-state index is 0.0881. The smallest absolute Gasteiger partial charge is 0.507 e. The minimum Gasteiger partial charge on any atom is -0.507 e. The molecular weight excluding hydrogens is 333 g/mol. The average molecular weight is 352 g/mol. The molecule has 0 radical (unpaired) electrons. The van der Waals surface area contributed by atoms with Crippen LogP contribution in [0.4, 0.5) is 24.5 Å². The molecule has 0 aliphatic carbocycles. The lowest BCUT2D eigenvalue weighted by Crippen LogP contribution is -2.21. The van der Waals surface area contributed by atoms with Gasteiger partial charge in [0, 0.05) is 36.6 Å². The summed E-state index contributed by atoms with van der Waals surface area (Å²) in [6.07, 6.45) is -3.26. The second-order valence-electron chi connectivity index (χ2n) is 5.22. The molecule has 2 aromatic rings. The van der Waals surface area contributed by atoms with Gasteiger partial charge in [0.1, 0.15) is 11.5 Å². The number of phenolic OH excluding ortho intramolecular Hbond substituents is 1. The van der Waals surface area contributed by atoms with E-state index in [0.717, 1.165) is 18.8 Å². The van der Waals surface area contributed by atoms with Crippen molar-refractivity contribution in [2.45, 2.75) is 20.2 Å². The molecule has 0 aromatic heterocycles. The highest BCUT2D eigenvalue weighted by atomic mass is 19.4. The lowest BCUT2D eigenvalue weighted by Gasteiger charge is -2.21. The summed E-state index contributed by atoms with van der Waals surface area (Å²) >= 11 is 0. The van der Waals surface area contributed by atoms with E-state index >= 15 is 0 Å². The van der Waals surface area contributed by atoms with Crippen LogP contribution in [0.1, 0.15) is 19.4 Å². The van der Waals surface area contributed by atoms with Crippen molar-refractivity contribution >= 4 is 17.6 Å². The van der Waals surface area contributed by atoms with Gasteiger partial charge in [-0.25, -0.2) is 0 Å². The number of hydrogen-bond acceptors (Lipinski definition) is 4. The van der Waals surface area contributed by atoms with Crippen molar-refractivity contribution in [1.82, 2.24) is 0 Å². The van der Waals surface area contributed by atoms with Crippen molar-refractivity contribution in [1.29, 1.82) is 0 Å². The third-order valence-electron chi connectivity index (χ3n) is 3.57. The molecule has 1 N–H and O–H groups in total. The lowest BCUT2D eigenvalue weighted by molar-refractivity contribution is -0.274. The number of benzene rings is 2. The summed E-state index contributed by atoms with van der Waals surface area (Å²) in [4.78, 5) is 6.25. The van der Waals surface area contributed by atoms with E-state index < -0.39 is 6.36 Å². The maximum Gasteiger partial charge on any atom is 0.573 e. The van der Waals surface area contributed by atoms with Crippen LogP contribution in [-0.4, -0.2) is 30.8 Å². The van der Waals surface area contributed by atoms with Crippen molar-refractivity contribution in [3.05, 3.63) is 48.0 Å². The summed E-state index contributed by atoms with van der Waals surface area (Å²) in [5.74, 6) is -0.219. The molecule has 0 unspecified atom stereocenters. The Labute approximate surface area is 144 Å². The Balaban J connectivity index is 2.11. The van der Waals surface area contributed by atoms with Gasteiger partial charge >= 0.3 is 6.36 Å². The normalized spacial score (nSPS) is 11.7. The number of nitrogens with zero attached hydrogens (tertiary/aromatic N) is 2. The predicted molar refractivity (Wildman–Crippen MR) is 92.0 cm³/mol. The highest BCUT2D eigenvalue weighted by Gasteiger charge is 2.30. The first kappa shape index (κ1) is 18.6. The van der Waals surface area contributed by atoms with Crippen LogP contribution in [0.2, 0.25) is 0 Å². The molecule has 7 heteroatoms. The molecule has 25 heavy (non-hydrogen) atoms. The van der Waals surface area contributed by atoms with Crippen molar-refractivity contribution in [2.24, 2.45) is 4.99 Å². The first-order chi connectivity index (χ1) is 11.8. The van der Waals surface area contributed by atoms with Gasteiger partial charge in [-0.2, -0.15) is 0 Å². The summed E-state index contributed by atoms with van der Waals surface area (Å²) in [5.41, 5.74) is 1.88. The van der Waals surface area contributed by atoms with E-state index in [4.69, 9.17) is 0 Å². The summed E-state index contributed by atoms with van der Waals surface area (Å²) in [7, 11) is 0. The fourth-order valence-electron chi connectivity index (χ4n) is 2.30. The Hall–Kier alpha value is -2.70. The second kappa shape index (κ2) is 7.92. The van der Waals surface area contributed by atoms with Gasteiger partial charge in [0.2, 0.25) is 0 Å². The number of alkyl halides is 3. The molecule has 134 valence electrons. The van der Waals surface area contributed by atoms with E-state index in [-0.39, 0.29) is 11.5 Å². The van der Waals surface area contributed by atoms with Crippen LogP contribution >= 0.6 is 0 Å². The van der Waals surface area contributed by atoms with Crippen molar-refractivity contribution in [3.8, 4) is 11.5 Å². The molecule has 2 rings (SSSR count). The van der Waals surface area contributed by atoms with Crippen LogP contribution in [0.15, 0.2) is 47.5 Å². The number of aromatic hydroxyl groups is 1. The number of ether oxygens (including phenoxy) is 1. The number of halogens is 3. The molecule has 0 saturated carbocycles. The summed E-state index contributed by atoms with van der Waals surface area (Å²) < 4.78 is 40.1. The van der Waals surface area contributed by atoms with E-state index in [1.807, 2.05) is 19.9 Å². The first-order valence-electron chi connectivity index (χ1n) is 7.80. The number of aliphatic imine (C=N–C) groups is 1. The quantitative estimate of drug-likeness (QED) is 0.753. The van der Waals surface area contributed by atoms with Crippen molar-refractivity contribution in [2.75, 3.05) is 18.0 Å². The van der Waals surface area contributed by atoms with Gasteiger partial charge in [-0.05, 0) is 50.2 Å². The lowest BCUT2D eigenvalue weighted by atomic mass is 10.2. The van der Waals surface area contributed by atoms with E-state index in [1.165, 1.54) is 30.5 Å². The van der Waals surface area contributed by atoms with E-state index in [1.54, 1.807) is 12.1 Å². The number of anilines is 1. The Morgan fingerprint density at radius 2 is 1.72 bits per heavy atom. The number of hydrogen-bond donors (Lipinski definition) is 1. The van der Waals surface area contributed by atoms with Crippen LogP contribution in [0.5, 0.6) is 11.5 Å². The van der Waals surface area contributed by atoms with Gasteiger partial charge in [0.05, 0.1) is 5.69 Å². The van der Waals surface area contributed by atoms with E-state index in [0.29, 0.717) is 11.3 Å².